The molecule has 1 aliphatic rings. The predicted molar refractivity (Wildman–Crippen MR) is 60.8 cm³/mol. The summed E-state index contributed by atoms with van der Waals surface area (Å²) in [5, 5.41) is 3.38. The third kappa shape index (κ3) is 1.23. The van der Waals surface area contributed by atoms with Gasteiger partial charge in [0.25, 0.3) is 0 Å². The number of hydrogen-bond acceptors (Lipinski definition) is 2. The monoisotopic (exact) mass is 199 g/mol. The Morgan fingerprint density at radius 2 is 2.33 bits per heavy atom. The van der Waals surface area contributed by atoms with Gasteiger partial charge in [-0.15, -0.1) is 0 Å². The van der Waals surface area contributed by atoms with Crippen LogP contribution in [0, 0.1) is 0 Å². The molecule has 1 N–H and O–H groups in total. The second kappa shape index (κ2) is 3.12. The molecular formula is C12H13N3. The Bertz CT molecular complexity index is 499. The molecule has 0 aliphatic carbocycles. The molecule has 3 heteroatoms. The molecular weight excluding hydrogens is 186 g/mol. The van der Waals surface area contributed by atoms with Crippen LogP contribution in [0.4, 0.5) is 5.69 Å². The summed E-state index contributed by atoms with van der Waals surface area (Å²) in [4.78, 5) is 4.40. The number of hydrogen-bond donors (Lipinski definition) is 1. The summed E-state index contributed by atoms with van der Waals surface area (Å²) < 4.78 is 2.06. The lowest BCUT2D eigenvalue weighted by Gasteiger charge is -2.07. The third-order valence-corrected chi connectivity index (χ3v) is 2.93. The van der Waals surface area contributed by atoms with Crippen LogP contribution in [-0.2, 0) is 13.5 Å². The molecule has 1 aromatic carbocycles. The van der Waals surface area contributed by atoms with Crippen LogP contribution < -0.4 is 5.32 Å². The molecule has 2 aromatic rings. The first-order valence-corrected chi connectivity index (χ1v) is 5.20. The van der Waals surface area contributed by atoms with Crippen LogP contribution in [0.25, 0.3) is 11.4 Å². The maximum atomic E-state index is 4.40. The van der Waals surface area contributed by atoms with Crippen LogP contribution in [0.15, 0.2) is 30.6 Å². The molecule has 0 unspecified atom stereocenters. The SMILES string of the molecule is Cn1ccnc1-c1cccc2c1CCN2. The molecule has 15 heavy (non-hydrogen) atoms. The summed E-state index contributed by atoms with van der Waals surface area (Å²) in [6.07, 6.45) is 4.92. The highest BCUT2D eigenvalue weighted by molar-refractivity contribution is 5.72. The van der Waals surface area contributed by atoms with Crippen molar-refractivity contribution in [3.05, 3.63) is 36.2 Å². The van der Waals surface area contributed by atoms with Crippen molar-refractivity contribution in [3.63, 3.8) is 0 Å². The number of fused-ring (bicyclic) bond motifs is 1. The number of rotatable bonds is 1. The number of anilines is 1. The first kappa shape index (κ1) is 8.53. The Labute approximate surface area is 88.8 Å². The van der Waals surface area contributed by atoms with Crippen LogP contribution in [0.2, 0.25) is 0 Å². The fourth-order valence-corrected chi connectivity index (χ4v) is 2.18. The van der Waals surface area contributed by atoms with Crippen LogP contribution in [0.1, 0.15) is 5.56 Å². The molecule has 0 bridgehead atoms. The zero-order chi connectivity index (χ0) is 10.3. The average molecular weight is 199 g/mol. The average Bonchev–Trinajstić information content (AvgIpc) is 2.85. The maximum absolute atomic E-state index is 4.40. The van der Waals surface area contributed by atoms with Crippen molar-refractivity contribution in [1.29, 1.82) is 0 Å². The number of nitrogens with one attached hydrogen (secondary N) is 1. The second-order valence-corrected chi connectivity index (χ2v) is 3.87. The van der Waals surface area contributed by atoms with E-state index < -0.39 is 0 Å². The minimum absolute atomic E-state index is 1.04. The molecule has 3 rings (SSSR count). The van der Waals surface area contributed by atoms with E-state index >= 15 is 0 Å². The van der Waals surface area contributed by atoms with Crippen molar-refractivity contribution in [3.8, 4) is 11.4 Å². The molecule has 0 radical (unpaired) electrons. The molecule has 1 aliphatic heterocycles. The van der Waals surface area contributed by atoms with Crippen LogP contribution in [0.5, 0.6) is 0 Å². The van der Waals surface area contributed by atoms with E-state index in [1.54, 1.807) is 0 Å². The van der Waals surface area contributed by atoms with E-state index in [9.17, 15) is 0 Å². The summed E-state index contributed by atoms with van der Waals surface area (Å²) in [7, 11) is 2.03. The van der Waals surface area contributed by atoms with Crippen molar-refractivity contribution in [1.82, 2.24) is 9.55 Å². The normalized spacial score (nSPS) is 13.7. The van der Waals surface area contributed by atoms with Gasteiger partial charge in [0.1, 0.15) is 5.82 Å². The summed E-state index contributed by atoms with van der Waals surface area (Å²) >= 11 is 0. The largest absolute Gasteiger partial charge is 0.384 e. The number of aromatic nitrogens is 2. The van der Waals surface area contributed by atoms with Gasteiger partial charge in [-0.2, -0.15) is 0 Å². The molecule has 0 spiro atoms. The molecule has 0 saturated heterocycles. The third-order valence-electron chi connectivity index (χ3n) is 2.93. The fraction of sp³-hybridized carbons (Fsp3) is 0.250. The van der Waals surface area contributed by atoms with E-state index in [1.807, 2.05) is 19.4 Å². The Morgan fingerprint density at radius 1 is 1.40 bits per heavy atom. The summed E-state index contributed by atoms with van der Waals surface area (Å²) in [5.41, 5.74) is 3.91. The zero-order valence-electron chi connectivity index (χ0n) is 8.70. The molecule has 0 fully saturated rings. The van der Waals surface area contributed by atoms with Gasteiger partial charge in [0.15, 0.2) is 0 Å². The quantitative estimate of drug-likeness (QED) is 0.761. The van der Waals surface area contributed by atoms with Gasteiger partial charge in [-0.3, -0.25) is 0 Å². The van der Waals surface area contributed by atoms with Crippen molar-refractivity contribution in [2.45, 2.75) is 6.42 Å². The van der Waals surface area contributed by atoms with E-state index in [1.165, 1.54) is 16.8 Å². The number of benzene rings is 1. The minimum atomic E-state index is 1.04. The first-order chi connectivity index (χ1) is 7.36. The van der Waals surface area contributed by atoms with E-state index in [2.05, 4.69) is 33.1 Å². The van der Waals surface area contributed by atoms with Crippen LogP contribution in [0.3, 0.4) is 0 Å². The molecule has 0 atom stereocenters. The number of nitrogens with zero attached hydrogens (tertiary/aromatic N) is 2. The van der Waals surface area contributed by atoms with Gasteiger partial charge in [0, 0.05) is 37.2 Å². The van der Waals surface area contributed by atoms with E-state index in [0.717, 1.165) is 18.8 Å². The van der Waals surface area contributed by atoms with Crippen molar-refractivity contribution >= 4 is 5.69 Å². The van der Waals surface area contributed by atoms with Gasteiger partial charge in [-0.25, -0.2) is 4.98 Å². The van der Waals surface area contributed by atoms with E-state index in [0.29, 0.717) is 0 Å². The van der Waals surface area contributed by atoms with Gasteiger partial charge in [0.05, 0.1) is 0 Å². The van der Waals surface area contributed by atoms with Gasteiger partial charge in [0.2, 0.25) is 0 Å². The summed E-state index contributed by atoms with van der Waals surface area (Å²) in [5.74, 6) is 1.05. The lowest BCUT2D eigenvalue weighted by molar-refractivity contribution is 0.921. The van der Waals surface area contributed by atoms with Gasteiger partial charge in [-0.1, -0.05) is 12.1 Å². The van der Waals surface area contributed by atoms with E-state index in [-0.39, 0.29) is 0 Å². The Morgan fingerprint density at radius 3 is 3.13 bits per heavy atom. The highest BCUT2D eigenvalue weighted by Crippen LogP contribution is 2.31. The van der Waals surface area contributed by atoms with Crippen molar-refractivity contribution in [2.24, 2.45) is 7.05 Å². The molecule has 2 heterocycles. The van der Waals surface area contributed by atoms with Crippen LogP contribution in [-0.4, -0.2) is 16.1 Å². The summed E-state index contributed by atoms with van der Waals surface area (Å²) in [6.45, 7) is 1.04. The Balaban J connectivity index is 2.21. The van der Waals surface area contributed by atoms with Gasteiger partial charge >= 0.3 is 0 Å². The second-order valence-electron chi connectivity index (χ2n) is 3.87. The number of aryl methyl sites for hydroxylation is 1. The molecule has 76 valence electrons. The lowest BCUT2D eigenvalue weighted by Crippen LogP contribution is -1.94. The molecule has 1 aromatic heterocycles. The standard InChI is InChI=1S/C12H13N3/c1-15-8-7-14-12(15)10-3-2-4-11-9(10)5-6-13-11/h2-4,7-8,13H,5-6H2,1H3. The molecule has 0 amide bonds. The summed E-state index contributed by atoms with van der Waals surface area (Å²) in [6, 6.07) is 6.37. The molecule has 0 saturated carbocycles. The Hall–Kier alpha value is -1.77. The highest BCUT2D eigenvalue weighted by Gasteiger charge is 2.16. The predicted octanol–water partition coefficient (Wildman–Crippen LogP) is 2.06. The maximum Gasteiger partial charge on any atom is 0.139 e. The van der Waals surface area contributed by atoms with E-state index in [4.69, 9.17) is 0 Å². The first-order valence-electron chi connectivity index (χ1n) is 5.20. The fourth-order valence-electron chi connectivity index (χ4n) is 2.18. The minimum Gasteiger partial charge on any atom is -0.384 e. The number of imidazole rings is 1. The highest BCUT2D eigenvalue weighted by atomic mass is 15.0. The smallest absolute Gasteiger partial charge is 0.139 e. The van der Waals surface area contributed by atoms with Gasteiger partial charge < -0.3 is 9.88 Å². The molecule has 3 nitrogen and oxygen atoms in total. The van der Waals surface area contributed by atoms with Gasteiger partial charge in [-0.05, 0) is 18.1 Å². The zero-order valence-corrected chi connectivity index (χ0v) is 8.70. The lowest BCUT2D eigenvalue weighted by atomic mass is 10.0. The van der Waals surface area contributed by atoms with Crippen molar-refractivity contribution in [2.75, 3.05) is 11.9 Å². The van der Waals surface area contributed by atoms with Crippen LogP contribution >= 0.6 is 0 Å². The Kier molecular flexibility index (Phi) is 1.78. The topological polar surface area (TPSA) is 29.9 Å². The van der Waals surface area contributed by atoms with Crippen molar-refractivity contribution < 1.29 is 0 Å².